The molecule has 1 rings (SSSR count). The molecule has 0 spiro atoms. The van der Waals surface area contributed by atoms with Crippen molar-refractivity contribution in [3.8, 4) is 0 Å². The number of aliphatic carboxylic acids is 1. The summed E-state index contributed by atoms with van der Waals surface area (Å²) in [5, 5.41) is 9.07. The van der Waals surface area contributed by atoms with E-state index >= 15 is 0 Å². The monoisotopic (exact) mass is 200 g/mol. The maximum Gasteiger partial charge on any atom is 0.310 e. The van der Waals surface area contributed by atoms with Gasteiger partial charge in [-0.3, -0.25) is 9.59 Å². The molecule has 1 N–H and O–H groups in total. The Kier molecular flexibility index (Phi) is 3.49. The third kappa shape index (κ3) is 2.25. The average Bonchev–Trinajstić information content (AvgIpc) is 2.54. The molecule has 0 aromatic carbocycles. The van der Waals surface area contributed by atoms with E-state index in [2.05, 4.69) is 0 Å². The molecule has 0 heterocycles. The highest BCUT2D eigenvalue weighted by Gasteiger charge is 2.43. The molecule has 0 aromatic heterocycles. The second kappa shape index (κ2) is 4.44. The number of carboxylic acids is 1. The van der Waals surface area contributed by atoms with Crippen molar-refractivity contribution in [2.45, 2.75) is 39.0 Å². The zero-order chi connectivity index (χ0) is 10.6. The van der Waals surface area contributed by atoms with Gasteiger partial charge in [0.15, 0.2) is 0 Å². The van der Waals surface area contributed by atoms with Crippen LogP contribution in [0.4, 0.5) is 0 Å². The van der Waals surface area contributed by atoms with E-state index in [1.807, 2.05) is 0 Å². The molecular formula is C10H16O4. The van der Waals surface area contributed by atoms with Crippen molar-refractivity contribution < 1.29 is 19.4 Å². The van der Waals surface area contributed by atoms with Gasteiger partial charge in [0.2, 0.25) is 0 Å². The van der Waals surface area contributed by atoms with Crippen LogP contribution in [-0.2, 0) is 14.3 Å². The first-order chi connectivity index (χ1) is 6.60. The molecule has 0 saturated heterocycles. The lowest BCUT2D eigenvalue weighted by molar-refractivity contribution is -0.157. The van der Waals surface area contributed by atoms with Crippen molar-refractivity contribution >= 4 is 11.9 Å². The van der Waals surface area contributed by atoms with Crippen LogP contribution in [0.1, 0.15) is 39.0 Å². The van der Waals surface area contributed by atoms with Gasteiger partial charge in [-0.25, -0.2) is 0 Å². The Bertz CT molecular complexity index is 228. The summed E-state index contributed by atoms with van der Waals surface area (Å²) in [7, 11) is 0. The maximum absolute atomic E-state index is 11.2. The zero-order valence-corrected chi connectivity index (χ0v) is 8.41. The van der Waals surface area contributed by atoms with Gasteiger partial charge < -0.3 is 9.84 Å². The van der Waals surface area contributed by atoms with E-state index in [9.17, 15) is 9.59 Å². The number of hydrogen-bond donors (Lipinski definition) is 1. The zero-order valence-electron chi connectivity index (χ0n) is 8.41. The summed E-state index contributed by atoms with van der Waals surface area (Å²) in [6, 6.07) is 0. The molecular weight excluding hydrogens is 184 g/mol. The molecule has 0 radical (unpaired) electrons. The summed E-state index contributed by atoms with van der Waals surface area (Å²) in [6.45, 7) is 2.04. The molecule has 80 valence electrons. The lowest BCUT2D eigenvalue weighted by Crippen LogP contribution is -2.31. The molecule has 1 fully saturated rings. The minimum atomic E-state index is -0.858. The third-order valence-electron chi connectivity index (χ3n) is 2.80. The van der Waals surface area contributed by atoms with Gasteiger partial charge in [-0.1, -0.05) is 12.8 Å². The summed E-state index contributed by atoms with van der Waals surface area (Å²) in [5.74, 6) is -1.25. The quantitative estimate of drug-likeness (QED) is 0.700. The smallest absolute Gasteiger partial charge is 0.310 e. The highest BCUT2D eigenvalue weighted by atomic mass is 16.5. The van der Waals surface area contributed by atoms with E-state index in [0.717, 1.165) is 12.8 Å². The second-order valence-corrected chi connectivity index (χ2v) is 3.77. The molecule has 4 nitrogen and oxygen atoms in total. The van der Waals surface area contributed by atoms with Crippen LogP contribution >= 0.6 is 0 Å². The molecule has 14 heavy (non-hydrogen) atoms. The number of ether oxygens (including phenoxy) is 1. The highest BCUT2D eigenvalue weighted by molar-refractivity contribution is 5.82. The molecule has 0 unspecified atom stereocenters. The van der Waals surface area contributed by atoms with Gasteiger partial charge in [0.25, 0.3) is 0 Å². The molecule has 1 saturated carbocycles. The lowest BCUT2D eigenvalue weighted by Gasteiger charge is -2.21. The SMILES string of the molecule is CCOC(=O)CC1(C(=O)O)CCCC1. The predicted octanol–water partition coefficient (Wildman–Crippen LogP) is 1.58. The molecule has 4 heteroatoms. The lowest BCUT2D eigenvalue weighted by atomic mass is 9.83. The molecule has 1 aliphatic carbocycles. The van der Waals surface area contributed by atoms with Crippen molar-refractivity contribution in [3.63, 3.8) is 0 Å². The molecule has 0 aliphatic heterocycles. The Morgan fingerprint density at radius 2 is 1.93 bits per heavy atom. The van der Waals surface area contributed by atoms with Crippen molar-refractivity contribution in [2.75, 3.05) is 6.61 Å². The Labute approximate surface area is 83.2 Å². The molecule has 0 bridgehead atoms. The number of carbonyl (C=O) groups is 2. The van der Waals surface area contributed by atoms with Crippen LogP contribution in [0.3, 0.4) is 0 Å². The standard InChI is InChI=1S/C10H16O4/c1-2-14-8(11)7-10(9(12)13)5-3-4-6-10/h2-7H2,1H3,(H,12,13). The first kappa shape index (κ1) is 11.0. The number of esters is 1. The van der Waals surface area contributed by atoms with Gasteiger partial charge in [0.05, 0.1) is 18.4 Å². The van der Waals surface area contributed by atoms with E-state index in [1.165, 1.54) is 0 Å². The van der Waals surface area contributed by atoms with E-state index in [4.69, 9.17) is 9.84 Å². The van der Waals surface area contributed by atoms with Crippen LogP contribution in [0.5, 0.6) is 0 Å². The van der Waals surface area contributed by atoms with Crippen LogP contribution in [0.25, 0.3) is 0 Å². The van der Waals surface area contributed by atoms with E-state index in [1.54, 1.807) is 6.92 Å². The van der Waals surface area contributed by atoms with Gasteiger partial charge in [-0.15, -0.1) is 0 Å². The van der Waals surface area contributed by atoms with Gasteiger partial charge in [0, 0.05) is 0 Å². The highest BCUT2D eigenvalue weighted by Crippen LogP contribution is 2.41. The third-order valence-corrected chi connectivity index (χ3v) is 2.80. The summed E-state index contributed by atoms with van der Waals surface area (Å²) in [6.07, 6.45) is 3.01. The van der Waals surface area contributed by atoms with E-state index < -0.39 is 17.4 Å². The first-order valence-corrected chi connectivity index (χ1v) is 5.00. The van der Waals surface area contributed by atoms with E-state index in [0.29, 0.717) is 19.4 Å². The topological polar surface area (TPSA) is 63.6 Å². The minimum absolute atomic E-state index is 0.0240. The van der Waals surface area contributed by atoms with Crippen LogP contribution in [0.2, 0.25) is 0 Å². The molecule has 0 atom stereocenters. The van der Waals surface area contributed by atoms with Gasteiger partial charge >= 0.3 is 11.9 Å². The average molecular weight is 200 g/mol. The Morgan fingerprint density at radius 3 is 2.36 bits per heavy atom. The first-order valence-electron chi connectivity index (χ1n) is 5.00. The van der Waals surface area contributed by atoms with Crippen LogP contribution < -0.4 is 0 Å². The van der Waals surface area contributed by atoms with Crippen molar-refractivity contribution in [3.05, 3.63) is 0 Å². The fourth-order valence-corrected chi connectivity index (χ4v) is 2.01. The largest absolute Gasteiger partial charge is 0.481 e. The summed E-state index contributed by atoms with van der Waals surface area (Å²) >= 11 is 0. The van der Waals surface area contributed by atoms with Crippen molar-refractivity contribution in [2.24, 2.45) is 5.41 Å². The van der Waals surface area contributed by atoms with Crippen LogP contribution in [0, 0.1) is 5.41 Å². The molecule has 1 aliphatic rings. The Balaban J connectivity index is 2.60. The van der Waals surface area contributed by atoms with Crippen molar-refractivity contribution in [1.82, 2.24) is 0 Å². The number of hydrogen-bond acceptors (Lipinski definition) is 3. The van der Waals surface area contributed by atoms with Gasteiger partial charge in [-0.2, -0.15) is 0 Å². The van der Waals surface area contributed by atoms with E-state index in [-0.39, 0.29) is 6.42 Å². The maximum atomic E-state index is 11.2. The van der Waals surface area contributed by atoms with Crippen LogP contribution in [0.15, 0.2) is 0 Å². The normalized spacial score (nSPS) is 19.2. The minimum Gasteiger partial charge on any atom is -0.481 e. The molecule has 0 amide bonds. The Hall–Kier alpha value is -1.06. The summed E-state index contributed by atoms with van der Waals surface area (Å²) < 4.78 is 4.78. The Morgan fingerprint density at radius 1 is 1.36 bits per heavy atom. The second-order valence-electron chi connectivity index (χ2n) is 3.77. The number of carbonyl (C=O) groups excluding carboxylic acids is 1. The fourth-order valence-electron chi connectivity index (χ4n) is 2.01. The summed E-state index contributed by atoms with van der Waals surface area (Å²) in [4.78, 5) is 22.3. The summed E-state index contributed by atoms with van der Waals surface area (Å²) in [5.41, 5.74) is -0.841. The predicted molar refractivity (Wildman–Crippen MR) is 49.8 cm³/mol. The molecule has 0 aromatic rings. The van der Waals surface area contributed by atoms with Gasteiger partial charge in [-0.05, 0) is 19.8 Å². The fraction of sp³-hybridized carbons (Fsp3) is 0.800. The number of carboxylic acid groups (broad SMARTS) is 1. The van der Waals surface area contributed by atoms with Crippen molar-refractivity contribution in [1.29, 1.82) is 0 Å². The number of rotatable bonds is 4. The van der Waals surface area contributed by atoms with Gasteiger partial charge in [0.1, 0.15) is 0 Å². The van der Waals surface area contributed by atoms with Crippen LogP contribution in [-0.4, -0.2) is 23.7 Å².